The van der Waals surface area contributed by atoms with Gasteiger partial charge in [0.2, 0.25) is 0 Å². The molecule has 0 aromatic rings. The molecule has 2 atom stereocenters. The highest BCUT2D eigenvalue weighted by Gasteiger charge is 2.27. The molecule has 68 valence electrons. The fourth-order valence-electron chi connectivity index (χ4n) is 1.80. The molecule has 2 heterocycles. The van der Waals surface area contributed by atoms with Gasteiger partial charge in [-0.05, 0) is 26.3 Å². The van der Waals surface area contributed by atoms with E-state index in [0.717, 1.165) is 6.54 Å². The molecule has 2 rings (SSSR count). The molecule has 4 nitrogen and oxygen atoms in total. The highest BCUT2D eigenvalue weighted by Crippen LogP contribution is 2.19. The van der Waals surface area contributed by atoms with Crippen LogP contribution < -0.4 is 16.5 Å². The molecule has 2 aliphatic rings. The molecule has 4 N–H and O–H groups in total. The molecular weight excluding hydrogens is 152 g/mol. The summed E-state index contributed by atoms with van der Waals surface area (Å²) in [6.45, 7) is 3.17. The lowest BCUT2D eigenvalue weighted by atomic mass is 10.2. The zero-order valence-electron chi connectivity index (χ0n) is 7.38. The molecule has 2 aliphatic heterocycles. The third-order valence-corrected chi connectivity index (χ3v) is 2.61. The first-order valence-electron chi connectivity index (χ1n) is 4.52. The zero-order chi connectivity index (χ0) is 8.55. The van der Waals surface area contributed by atoms with Crippen LogP contribution in [0.15, 0.2) is 11.9 Å². The summed E-state index contributed by atoms with van der Waals surface area (Å²) in [5.41, 5.74) is 1.19. The molecule has 12 heavy (non-hydrogen) atoms. The Balaban J connectivity index is 2.03. The van der Waals surface area contributed by atoms with Crippen LogP contribution in [0.4, 0.5) is 0 Å². The lowest BCUT2D eigenvalue weighted by molar-refractivity contribution is 0.267. The van der Waals surface area contributed by atoms with Crippen molar-refractivity contribution in [3.8, 4) is 0 Å². The molecule has 0 aromatic carbocycles. The lowest BCUT2D eigenvalue weighted by Gasteiger charge is -2.24. The highest BCUT2D eigenvalue weighted by molar-refractivity contribution is 5.14. The van der Waals surface area contributed by atoms with Crippen molar-refractivity contribution in [3.05, 3.63) is 11.9 Å². The second kappa shape index (κ2) is 2.95. The van der Waals surface area contributed by atoms with E-state index in [2.05, 4.69) is 17.6 Å². The molecule has 0 saturated carbocycles. The first-order chi connectivity index (χ1) is 5.79. The van der Waals surface area contributed by atoms with Crippen molar-refractivity contribution in [2.45, 2.75) is 32.0 Å². The summed E-state index contributed by atoms with van der Waals surface area (Å²) in [7, 11) is 0. The Hall–Kier alpha value is -0.740. The van der Waals surface area contributed by atoms with Crippen molar-refractivity contribution < 1.29 is 0 Å². The standard InChI is InChI=1S/C8H16N4/c1-6-11-5-8(12(6)9)7-3-2-4-10-7/h5-7,10-11H,2-4,9H2,1H3/t6?,7-/m0/s1. The lowest BCUT2D eigenvalue weighted by Crippen LogP contribution is -2.43. The van der Waals surface area contributed by atoms with E-state index in [1.807, 2.05) is 11.2 Å². The van der Waals surface area contributed by atoms with Gasteiger partial charge in [-0.2, -0.15) is 0 Å². The first-order valence-corrected chi connectivity index (χ1v) is 4.52. The van der Waals surface area contributed by atoms with Crippen LogP contribution in [0.1, 0.15) is 19.8 Å². The largest absolute Gasteiger partial charge is 0.369 e. The number of hydrogen-bond acceptors (Lipinski definition) is 4. The monoisotopic (exact) mass is 168 g/mol. The number of nitrogens with two attached hydrogens (primary N) is 1. The minimum Gasteiger partial charge on any atom is -0.369 e. The Morgan fingerprint density at radius 2 is 2.50 bits per heavy atom. The quantitative estimate of drug-likeness (QED) is 0.471. The van der Waals surface area contributed by atoms with Gasteiger partial charge in [0.25, 0.3) is 0 Å². The van der Waals surface area contributed by atoms with Crippen LogP contribution in [0.3, 0.4) is 0 Å². The molecule has 1 unspecified atom stereocenters. The van der Waals surface area contributed by atoms with Crippen LogP contribution in [0.25, 0.3) is 0 Å². The molecule has 1 saturated heterocycles. The van der Waals surface area contributed by atoms with E-state index in [1.165, 1.54) is 18.5 Å². The number of nitrogens with zero attached hydrogens (tertiary/aromatic N) is 1. The van der Waals surface area contributed by atoms with Crippen molar-refractivity contribution in [3.63, 3.8) is 0 Å². The molecular formula is C8H16N4. The van der Waals surface area contributed by atoms with Crippen molar-refractivity contribution in [2.75, 3.05) is 6.54 Å². The Morgan fingerprint density at radius 3 is 3.00 bits per heavy atom. The summed E-state index contributed by atoms with van der Waals surface area (Å²) >= 11 is 0. The summed E-state index contributed by atoms with van der Waals surface area (Å²) in [5.74, 6) is 5.86. The SMILES string of the molecule is CC1NC=C([C@@H]2CCCN2)N1N. The molecule has 0 aromatic heterocycles. The van der Waals surface area contributed by atoms with Gasteiger partial charge in [0.05, 0.1) is 11.7 Å². The third-order valence-electron chi connectivity index (χ3n) is 2.61. The number of nitrogens with one attached hydrogen (secondary N) is 2. The maximum absolute atomic E-state index is 5.86. The molecule has 1 fully saturated rings. The van der Waals surface area contributed by atoms with Crippen LogP contribution in [0.2, 0.25) is 0 Å². The van der Waals surface area contributed by atoms with E-state index in [9.17, 15) is 0 Å². The van der Waals surface area contributed by atoms with E-state index in [4.69, 9.17) is 5.84 Å². The Morgan fingerprint density at radius 1 is 1.67 bits per heavy atom. The third kappa shape index (κ3) is 1.17. The second-order valence-electron chi connectivity index (χ2n) is 3.47. The zero-order valence-corrected chi connectivity index (χ0v) is 7.38. The van der Waals surface area contributed by atoms with E-state index in [0.29, 0.717) is 6.04 Å². The average Bonchev–Trinajstić information content (AvgIpc) is 2.64. The van der Waals surface area contributed by atoms with Gasteiger partial charge in [-0.15, -0.1) is 0 Å². The molecule has 0 aliphatic carbocycles. The molecule has 4 heteroatoms. The maximum Gasteiger partial charge on any atom is 0.110 e. The van der Waals surface area contributed by atoms with Gasteiger partial charge in [-0.3, -0.25) is 5.01 Å². The fraction of sp³-hybridized carbons (Fsp3) is 0.750. The van der Waals surface area contributed by atoms with Crippen molar-refractivity contribution in [1.29, 1.82) is 0 Å². The van der Waals surface area contributed by atoms with Gasteiger partial charge in [-0.1, -0.05) is 0 Å². The van der Waals surface area contributed by atoms with Crippen LogP contribution in [-0.2, 0) is 0 Å². The van der Waals surface area contributed by atoms with Gasteiger partial charge in [0.15, 0.2) is 0 Å². The number of hydrazine groups is 1. The van der Waals surface area contributed by atoms with Gasteiger partial charge >= 0.3 is 0 Å². The summed E-state index contributed by atoms with van der Waals surface area (Å²) in [4.78, 5) is 0. The van der Waals surface area contributed by atoms with Crippen molar-refractivity contribution in [2.24, 2.45) is 5.84 Å². The summed E-state index contributed by atoms with van der Waals surface area (Å²) < 4.78 is 0. The summed E-state index contributed by atoms with van der Waals surface area (Å²) in [6, 6.07) is 0.465. The topological polar surface area (TPSA) is 53.3 Å². The minimum atomic E-state index is 0.238. The van der Waals surface area contributed by atoms with Gasteiger partial charge < -0.3 is 10.6 Å². The normalized spacial score (nSPS) is 35.2. The van der Waals surface area contributed by atoms with Crippen LogP contribution in [-0.4, -0.2) is 23.8 Å². The number of rotatable bonds is 1. The van der Waals surface area contributed by atoms with Gasteiger partial charge in [0.1, 0.15) is 6.17 Å². The minimum absolute atomic E-state index is 0.238. The van der Waals surface area contributed by atoms with Crippen molar-refractivity contribution >= 4 is 0 Å². The van der Waals surface area contributed by atoms with E-state index >= 15 is 0 Å². The van der Waals surface area contributed by atoms with E-state index < -0.39 is 0 Å². The first kappa shape index (κ1) is 7.89. The average molecular weight is 168 g/mol. The molecule has 0 spiro atoms. The predicted molar refractivity (Wildman–Crippen MR) is 47.7 cm³/mol. The number of hydrogen-bond donors (Lipinski definition) is 3. The Kier molecular flexibility index (Phi) is 1.94. The second-order valence-corrected chi connectivity index (χ2v) is 3.47. The summed E-state index contributed by atoms with van der Waals surface area (Å²) in [5, 5.41) is 8.42. The smallest absolute Gasteiger partial charge is 0.110 e. The maximum atomic E-state index is 5.86. The molecule has 0 bridgehead atoms. The predicted octanol–water partition coefficient (Wildman–Crippen LogP) is -0.295. The van der Waals surface area contributed by atoms with Crippen molar-refractivity contribution in [1.82, 2.24) is 15.6 Å². The van der Waals surface area contributed by atoms with Gasteiger partial charge in [-0.25, -0.2) is 5.84 Å². The molecule has 0 amide bonds. The summed E-state index contributed by atoms with van der Waals surface area (Å²) in [6.07, 6.45) is 4.72. The van der Waals surface area contributed by atoms with E-state index in [-0.39, 0.29) is 6.17 Å². The van der Waals surface area contributed by atoms with Crippen LogP contribution in [0, 0.1) is 0 Å². The van der Waals surface area contributed by atoms with E-state index in [1.54, 1.807) is 0 Å². The van der Waals surface area contributed by atoms with Gasteiger partial charge in [0, 0.05) is 6.20 Å². The van der Waals surface area contributed by atoms with Crippen LogP contribution in [0.5, 0.6) is 0 Å². The fourth-order valence-corrected chi connectivity index (χ4v) is 1.80. The Bertz CT molecular complexity index is 195. The van der Waals surface area contributed by atoms with Crippen LogP contribution >= 0.6 is 0 Å². The highest BCUT2D eigenvalue weighted by atomic mass is 15.5. The molecule has 0 radical (unpaired) electrons. The Labute approximate surface area is 72.8 Å².